The van der Waals surface area contributed by atoms with Crippen LogP contribution in [-0.2, 0) is 38.8 Å². The first kappa shape index (κ1) is 22.6. The van der Waals surface area contributed by atoms with E-state index in [1.54, 1.807) is 0 Å². The number of epoxide rings is 1. The van der Waals surface area contributed by atoms with Gasteiger partial charge in [-0.1, -0.05) is 91.0 Å². The zero-order chi connectivity index (χ0) is 22.0. The van der Waals surface area contributed by atoms with Crippen LogP contribution in [0.25, 0.3) is 0 Å². The van der Waals surface area contributed by atoms with Crippen LogP contribution in [0.1, 0.15) is 16.7 Å². The summed E-state index contributed by atoms with van der Waals surface area (Å²) in [6.07, 6.45) is -1.47. The SMILES string of the molecule is OC[C@H](OCc1ccccc1)[C@@H](OCc1ccccc1)[C@H](OCc1ccccc1)[C@@H]1CO1. The average molecular weight is 435 g/mol. The molecule has 3 aromatic rings. The van der Waals surface area contributed by atoms with Gasteiger partial charge in [0.05, 0.1) is 33.0 Å². The molecule has 0 unspecified atom stereocenters. The molecule has 0 radical (unpaired) electrons. The van der Waals surface area contributed by atoms with Crippen molar-refractivity contribution in [2.24, 2.45) is 0 Å². The van der Waals surface area contributed by atoms with Crippen LogP contribution in [0.2, 0.25) is 0 Å². The molecule has 0 saturated carbocycles. The topological polar surface area (TPSA) is 60.5 Å². The molecule has 1 N–H and O–H groups in total. The number of hydrogen-bond donors (Lipinski definition) is 1. The third-order valence-electron chi connectivity index (χ3n) is 5.47. The van der Waals surface area contributed by atoms with Gasteiger partial charge in [0.1, 0.15) is 24.4 Å². The number of hydrogen-bond acceptors (Lipinski definition) is 5. The van der Waals surface area contributed by atoms with Crippen molar-refractivity contribution in [2.45, 2.75) is 44.2 Å². The normalized spacial score (nSPS) is 18.1. The van der Waals surface area contributed by atoms with E-state index in [9.17, 15) is 5.11 Å². The monoisotopic (exact) mass is 434 g/mol. The molecule has 4 atom stereocenters. The van der Waals surface area contributed by atoms with E-state index in [4.69, 9.17) is 18.9 Å². The first-order valence-electron chi connectivity index (χ1n) is 11.0. The molecule has 5 heteroatoms. The lowest BCUT2D eigenvalue weighted by Gasteiger charge is -2.32. The van der Waals surface area contributed by atoms with Gasteiger partial charge in [-0.05, 0) is 16.7 Å². The lowest BCUT2D eigenvalue weighted by Crippen LogP contribution is -2.47. The van der Waals surface area contributed by atoms with Gasteiger partial charge in [0.15, 0.2) is 0 Å². The number of aliphatic hydroxyl groups excluding tert-OH is 1. The Kier molecular flexibility index (Phi) is 8.42. The molecule has 0 bridgehead atoms. The van der Waals surface area contributed by atoms with Crippen LogP contribution in [0.15, 0.2) is 91.0 Å². The van der Waals surface area contributed by atoms with Crippen molar-refractivity contribution in [1.82, 2.24) is 0 Å². The molecule has 1 aliphatic heterocycles. The second kappa shape index (κ2) is 11.9. The Morgan fingerprint density at radius 2 is 1.12 bits per heavy atom. The van der Waals surface area contributed by atoms with Crippen molar-refractivity contribution in [1.29, 1.82) is 0 Å². The summed E-state index contributed by atoms with van der Waals surface area (Å²) in [6.45, 7) is 1.65. The van der Waals surface area contributed by atoms with Crippen molar-refractivity contribution >= 4 is 0 Å². The number of aliphatic hydroxyl groups is 1. The summed E-state index contributed by atoms with van der Waals surface area (Å²) < 4.78 is 24.4. The van der Waals surface area contributed by atoms with E-state index in [2.05, 4.69) is 0 Å². The highest BCUT2D eigenvalue weighted by atomic mass is 16.6. The highest BCUT2D eigenvalue weighted by Crippen LogP contribution is 2.27. The fourth-order valence-electron chi connectivity index (χ4n) is 3.63. The molecule has 168 valence electrons. The Labute approximate surface area is 189 Å². The predicted molar refractivity (Wildman–Crippen MR) is 122 cm³/mol. The van der Waals surface area contributed by atoms with Crippen LogP contribution in [0.4, 0.5) is 0 Å². The largest absolute Gasteiger partial charge is 0.394 e. The van der Waals surface area contributed by atoms with Gasteiger partial charge in [0, 0.05) is 0 Å². The highest BCUT2D eigenvalue weighted by molar-refractivity contribution is 5.15. The molecule has 1 heterocycles. The number of ether oxygens (including phenoxy) is 4. The first-order valence-corrected chi connectivity index (χ1v) is 11.0. The minimum Gasteiger partial charge on any atom is -0.394 e. The molecule has 1 fully saturated rings. The van der Waals surface area contributed by atoms with Crippen LogP contribution in [0, 0.1) is 0 Å². The van der Waals surface area contributed by atoms with Crippen LogP contribution in [-0.4, -0.2) is 42.7 Å². The Morgan fingerprint density at radius 3 is 1.56 bits per heavy atom. The summed E-state index contributed by atoms with van der Waals surface area (Å²) in [5.41, 5.74) is 3.17. The molecule has 0 amide bonds. The maximum absolute atomic E-state index is 10.2. The molecule has 3 aromatic carbocycles. The van der Waals surface area contributed by atoms with E-state index in [0.717, 1.165) is 16.7 Å². The van der Waals surface area contributed by atoms with Gasteiger partial charge in [-0.15, -0.1) is 0 Å². The molecule has 1 saturated heterocycles. The molecule has 32 heavy (non-hydrogen) atoms. The Balaban J connectivity index is 1.48. The van der Waals surface area contributed by atoms with Crippen LogP contribution < -0.4 is 0 Å². The zero-order valence-electron chi connectivity index (χ0n) is 18.1. The van der Waals surface area contributed by atoms with Gasteiger partial charge in [0.2, 0.25) is 0 Å². The predicted octanol–water partition coefficient (Wildman–Crippen LogP) is 4.13. The molecule has 0 spiro atoms. The minimum atomic E-state index is -0.552. The fourth-order valence-corrected chi connectivity index (χ4v) is 3.63. The van der Waals surface area contributed by atoms with E-state index < -0.39 is 12.2 Å². The molecular formula is C27H30O5. The fraction of sp³-hybridized carbons (Fsp3) is 0.333. The summed E-state index contributed by atoms with van der Waals surface area (Å²) >= 11 is 0. The summed E-state index contributed by atoms with van der Waals surface area (Å²) in [7, 11) is 0. The molecule has 5 nitrogen and oxygen atoms in total. The van der Waals surface area contributed by atoms with Crippen molar-refractivity contribution in [2.75, 3.05) is 13.2 Å². The Morgan fingerprint density at radius 1 is 0.688 bits per heavy atom. The second-order valence-electron chi connectivity index (χ2n) is 7.91. The lowest BCUT2D eigenvalue weighted by atomic mass is 10.0. The average Bonchev–Trinajstić information content (AvgIpc) is 3.70. The zero-order valence-corrected chi connectivity index (χ0v) is 18.1. The van der Waals surface area contributed by atoms with E-state index in [1.165, 1.54) is 0 Å². The molecule has 4 rings (SSSR count). The van der Waals surface area contributed by atoms with Crippen molar-refractivity contribution < 1.29 is 24.1 Å². The van der Waals surface area contributed by atoms with Crippen LogP contribution in [0.3, 0.4) is 0 Å². The van der Waals surface area contributed by atoms with E-state index >= 15 is 0 Å². The molecule has 0 aliphatic carbocycles. The lowest BCUT2D eigenvalue weighted by molar-refractivity contribution is -0.166. The molecule has 0 aromatic heterocycles. The summed E-state index contributed by atoms with van der Waals surface area (Å²) in [5, 5.41) is 10.2. The third kappa shape index (κ3) is 6.73. The van der Waals surface area contributed by atoms with E-state index in [0.29, 0.717) is 26.4 Å². The Bertz CT molecular complexity index is 899. The summed E-state index contributed by atoms with van der Waals surface area (Å²) in [4.78, 5) is 0. The molecular weight excluding hydrogens is 404 g/mol. The standard InChI is InChI=1S/C27H30O5/c28-16-24(29-17-21-10-4-1-5-11-21)26(31-18-22-12-6-2-7-13-22)27(25-20-30-25)32-19-23-14-8-3-9-15-23/h1-15,24-28H,16-20H2/t24-,25-,26+,27+/m0/s1. The van der Waals surface area contributed by atoms with Crippen molar-refractivity contribution in [3.63, 3.8) is 0 Å². The van der Waals surface area contributed by atoms with Gasteiger partial charge in [-0.3, -0.25) is 0 Å². The van der Waals surface area contributed by atoms with E-state index in [1.807, 2.05) is 91.0 Å². The maximum Gasteiger partial charge on any atom is 0.115 e. The quantitative estimate of drug-likeness (QED) is 0.410. The smallest absolute Gasteiger partial charge is 0.115 e. The number of rotatable bonds is 13. The van der Waals surface area contributed by atoms with Crippen molar-refractivity contribution in [3.05, 3.63) is 108 Å². The maximum atomic E-state index is 10.2. The summed E-state index contributed by atoms with van der Waals surface area (Å²) in [6, 6.07) is 29.9. The summed E-state index contributed by atoms with van der Waals surface area (Å²) in [5.74, 6) is 0. The first-order chi connectivity index (χ1) is 15.8. The van der Waals surface area contributed by atoms with Gasteiger partial charge < -0.3 is 24.1 Å². The highest BCUT2D eigenvalue weighted by Gasteiger charge is 2.43. The Hall–Kier alpha value is -2.54. The number of benzene rings is 3. The minimum absolute atomic E-state index is 0.0751. The second-order valence-corrected chi connectivity index (χ2v) is 7.91. The van der Waals surface area contributed by atoms with Crippen molar-refractivity contribution in [3.8, 4) is 0 Å². The van der Waals surface area contributed by atoms with Gasteiger partial charge in [-0.25, -0.2) is 0 Å². The van der Waals surface area contributed by atoms with E-state index in [-0.39, 0.29) is 18.8 Å². The molecule has 1 aliphatic rings. The van der Waals surface area contributed by atoms with Crippen LogP contribution in [0.5, 0.6) is 0 Å². The third-order valence-corrected chi connectivity index (χ3v) is 5.47. The van der Waals surface area contributed by atoms with Gasteiger partial charge in [-0.2, -0.15) is 0 Å². The van der Waals surface area contributed by atoms with Crippen LogP contribution >= 0.6 is 0 Å². The van der Waals surface area contributed by atoms with Gasteiger partial charge >= 0.3 is 0 Å². The van der Waals surface area contributed by atoms with Gasteiger partial charge in [0.25, 0.3) is 0 Å².